The molecule has 3 aromatic carbocycles. The van der Waals surface area contributed by atoms with Crippen LogP contribution in [0.3, 0.4) is 0 Å². The number of ether oxygens (including phenoxy) is 1. The molecule has 7 nitrogen and oxygen atoms in total. The Kier molecular flexibility index (Phi) is 7.80. The molecule has 1 aliphatic heterocycles. The summed E-state index contributed by atoms with van der Waals surface area (Å²) in [6.45, 7) is 4.61. The quantitative estimate of drug-likeness (QED) is 0.495. The minimum absolute atomic E-state index is 0.00817. The molecule has 35 heavy (non-hydrogen) atoms. The smallest absolute Gasteiger partial charge is 0.256 e. The lowest BCUT2D eigenvalue weighted by Crippen LogP contribution is -2.36. The van der Waals surface area contributed by atoms with Crippen LogP contribution >= 0.6 is 0 Å². The van der Waals surface area contributed by atoms with Gasteiger partial charge in [0.05, 0.1) is 29.5 Å². The summed E-state index contributed by atoms with van der Waals surface area (Å²) in [4.78, 5) is 15.3. The summed E-state index contributed by atoms with van der Waals surface area (Å²) >= 11 is 0. The number of hydrogen-bond acceptors (Lipinski definition) is 5. The Hall–Kier alpha value is -3.27. The number of hydrogen-bond donors (Lipinski definition) is 2. The van der Waals surface area contributed by atoms with Gasteiger partial charge in [-0.2, -0.15) is 0 Å². The molecular weight excluding hydrogens is 469 g/mol. The van der Waals surface area contributed by atoms with Crippen LogP contribution in [0.5, 0.6) is 0 Å². The van der Waals surface area contributed by atoms with E-state index in [0.717, 1.165) is 24.3 Å². The number of aryl methyl sites for hydroxylation is 1. The van der Waals surface area contributed by atoms with E-state index in [4.69, 9.17) is 4.74 Å². The molecule has 0 atom stereocenters. The highest BCUT2D eigenvalue weighted by Gasteiger charge is 2.20. The summed E-state index contributed by atoms with van der Waals surface area (Å²) in [7, 11) is -3.84. The number of halogens is 1. The van der Waals surface area contributed by atoms with E-state index in [1.165, 1.54) is 24.3 Å². The normalized spacial score (nSPS) is 14.1. The molecule has 1 aliphatic rings. The number of anilines is 2. The number of sulfonamides is 1. The fourth-order valence-electron chi connectivity index (χ4n) is 3.93. The maximum absolute atomic E-state index is 13.2. The second-order valence-electron chi connectivity index (χ2n) is 8.32. The predicted molar refractivity (Wildman–Crippen MR) is 134 cm³/mol. The third kappa shape index (κ3) is 6.25. The summed E-state index contributed by atoms with van der Waals surface area (Å²) in [6.07, 6.45) is 0.414. The molecule has 1 saturated heterocycles. The van der Waals surface area contributed by atoms with E-state index < -0.39 is 10.0 Å². The molecule has 0 unspecified atom stereocenters. The minimum atomic E-state index is -3.84. The molecule has 0 aliphatic carbocycles. The zero-order valence-corrected chi connectivity index (χ0v) is 20.3. The van der Waals surface area contributed by atoms with Gasteiger partial charge in [-0.3, -0.25) is 4.79 Å². The molecule has 3 aromatic rings. The Morgan fingerprint density at radius 1 is 1.03 bits per heavy atom. The number of nitrogens with one attached hydrogen (secondary N) is 2. The van der Waals surface area contributed by atoms with Gasteiger partial charge in [-0.15, -0.1) is 0 Å². The second-order valence-corrected chi connectivity index (χ2v) is 10.1. The number of nitrogens with zero attached hydrogens (tertiary/aromatic N) is 1. The van der Waals surface area contributed by atoms with Crippen molar-refractivity contribution in [3.63, 3.8) is 0 Å². The van der Waals surface area contributed by atoms with Gasteiger partial charge >= 0.3 is 0 Å². The highest BCUT2D eigenvalue weighted by Crippen LogP contribution is 2.27. The lowest BCUT2D eigenvalue weighted by molar-refractivity contribution is 0.102. The van der Waals surface area contributed by atoms with Crippen molar-refractivity contribution in [2.75, 3.05) is 43.1 Å². The van der Waals surface area contributed by atoms with Crippen molar-refractivity contribution in [3.05, 3.63) is 89.2 Å². The fraction of sp³-hybridized carbons (Fsp3) is 0.269. The highest BCUT2D eigenvalue weighted by molar-refractivity contribution is 7.89. The first kappa shape index (κ1) is 24.8. The topological polar surface area (TPSA) is 87.7 Å². The fourth-order valence-corrected chi connectivity index (χ4v) is 4.98. The van der Waals surface area contributed by atoms with Crippen molar-refractivity contribution in [2.24, 2.45) is 0 Å². The van der Waals surface area contributed by atoms with Crippen LogP contribution in [-0.4, -0.2) is 47.2 Å². The number of rotatable bonds is 8. The summed E-state index contributed by atoms with van der Waals surface area (Å²) in [6, 6.07) is 17.9. The lowest BCUT2D eigenvalue weighted by atomic mass is 10.1. The van der Waals surface area contributed by atoms with E-state index >= 15 is 0 Å². The van der Waals surface area contributed by atoms with E-state index in [9.17, 15) is 17.6 Å². The molecule has 184 valence electrons. The predicted octanol–water partition coefficient (Wildman–Crippen LogP) is 3.74. The number of para-hydroxylation sites is 2. The van der Waals surface area contributed by atoms with Crippen LogP contribution in [0.4, 0.5) is 15.8 Å². The molecule has 1 heterocycles. The second kappa shape index (κ2) is 11.0. The molecule has 1 fully saturated rings. The third-order valence-corrected chi connectivity index (χ3v) is 7.35. The minimum Gasteiger partial charge on any atom is -0.378 e. The molecule has 0 spiro atoms. The van der Waals surface area contributed by atoms with E-state index in [-0.39, 0.29) is 28.7 Å². The van der Waals surface area contributed by atoms with Gasteiger partial charge in [0.15, 0.2) is 0 Å². The lowest BCUT2D eigenvalue weighted by Gasteiger charge is -2.30. The number of carbonyl (C=O) groups excluding carboxylic acids is 1. The van der Waals surface area contributed by atoms with Crippen molar-refractivity contribution in [2.45, 2.75) is 18.2 Å². The molecule has 2 N–H and O–H groups in total. The van der Waals surface area contributed by atoms with Crippen LogP contribution in [0, 0.1) is 12.7 Å². The zero-order valence-electron chi connectivity index (χ0n) is 19.5. The maximum atomic E-state index is 13.2. The molecular formula is C26H28FN3O4S. The van der Waals surface area contributed by atoms with Gasteiger partial charge in [0.25, 0.3) is 5.91 Å². The monoisotopic (exact) mass is 497 g/mol. The van der Waals surface area contributed by atoms with Crippen LogP contribution in [-0.2, 0) is 21.2 Å². The first-order chi connectivity index (χ1) is 16.8. The van der Waals surface area contributed by atoms with Crippen molar-refractivity contribution in [1.82, 2.24) is 4.72 Å². The van der Waals surface area contributed by atoms with Crippen LogP contribution in [0.1, 0.15) is 21.5 Å². The first-order valence-corrected chi connectivity index (χ1v) is 12.9. The number of carbonyl (C=O) groups is 1. The zero-order chi connectivity index (χ0) is 24.8. The van der Waals surface area contributed by atoms with Gasteiger partial charge in [0, 0.05) is 25.2 Å². The molecule has 0 bridgehead atoms. The Morgan fingerprint density at radius 2 is 1.74 bits per heavy atom. The SMILES string of the molecule is Cc1ccc(S(=O)(=O)NCCc2ccc(F)cc2)cc1C(=O)Nc1ccccc1N1CCOCC1. The van der Waals surface area contributed by atoms with Gasteiger partial charge in [-0.05, 0) is 60.9 Å². The van der Waals surface area contributed by atoms with E-state index in [2.05, 4.69) is 14.9 Å². The maximum Gasteiger partial charge on any atom is 0.256 e. The summed E-state index contributed by atoms with van der Waals surface area (Å²) in [5.41, 5.74) is 3.31. The van der Waals surface area contributed by atoms with Gasteiger partial charge in [0.1, 0.15) is 5.82 Å². The largest absolute Gasteiger partial charge is 0.378 e. The Labute approximate surface area is 205 Å². The van der Waals surface area contributed by atoms with E-state index in [0.29, 0.717) is 30.9 Å². The molecule has 0 saturated carbocycles. The summed E-state index contributed by atoms with van der Waals surface area (Å²) in [5.74, 6) is -0.723. The summed E-state index contributed by atoms with van der Waals surface area (Å²) < 4.78 is 46.8. The highest BCUT2D eigenvalue weighted by atomic mass is 32.2. The van der Waals surface area contributed by atoms with Gasteiger partial charge in [-0.1, -0.05) is 30.3 Å². The number of amides is 1. The molecule has 0 aromatic heterocycles. The number of morpholine rings is 1. The van der Waals surface area contributed by atoms with Gasteiger partial charge in [0.2, 0.25) is 10.0 Å². The van der Waals surface area contributed by atoms with E-state index in [1.807, 2.05) is 24.3 Å². The standard InChI is InChI=1S/C26H28FN3O4S/c1-19-6-11-22(35(32,33)28-13-12-20-7-9-21(27)10-8-20)18-23(19)26(31)29-24-4-2-3-5-25(24)30-14-16-34-17-15-30/h2-11,18,28H,12-17H2,1H3,(H,29,31). The Bertz CT molecular complexity index is 1290. The average Bonchev–Trinajstić information content (AvgIpc) is 2.86. The van der Waals surface area contributed by atoms with Crippen LogP contribution < -0.4 is 14.9 Å². The van der Waals surface area contributed by atoms with Crippen molar-refractivity contribution in [1.29, 1.82) is 0 Å². The van der Waals surface area contributed by atoms with Crippen LogP contribution in [0.2, 0.25) is 0 Å². The first-order valence-electron chi connectivity index (χ1n) is 11.4. The van der Waals surface area contributed by atoms with Crippen LogP contribution in [0.15, 0.2) is 71.6 Å². The molecule has 0 radical (unpaired) electrons. The van der Waals surface area contributed by atoms with Crippen molar-refractivity contribution < 1.29 is 22.3 Å². The summed E-state index contributed by atoms with van der Waals surface area (Å²) in [5, 5.41) is 2.95. The van der Waals surface area contributed by atoms with Gasteiger partial charge in [-0.25, -0.2) is 17.5 Å². The van der Waals surface area contributed by atoms with Crippen molar-refractivity contribution in [3.8, 4) is 0 Å². The molecule has 1 amide bonds. The third-order valence-electron chi connectivity index (χ3n) is 5.89. The van der Waals surface area contributed by atoms with Crippen LogP contribution in [0.25, 0.3) is 0 Å². The van der Waals surface area contributed by atoms with E-state index in [1.54, 1.807) is 25.1 Å². The molecule has 9 heteroatoms. The number of benzene rings is 3. The van der Waals surface area contributed by atoms with Gasteiger partial charge < -0.3 is 15.0 Å². The Morgan fingerprint density at radius 3 is 2.49 bits per heavy atom. The van der Waals surface area contributed by atoms with Crippen molar-refractivity contribution >= 4 is 27.3 Å². The Balaban J connectivity index is 1.48. The molecule has 4 rings (SSSR count). The average molecular weight is 498 g/mol.